The number of rotatable bonds is 12. The Kier molecular flexibility index (Phi) is 9.23. The minimum atomic E-state index is -2.79. The molecule has 0 amide bonds. The summed E-state index contributed by atoms with van der Waals surface area (Å²) in [6, 6.07) is 0.749. The predicted octanol–water partition coefficient (Wildman–Crippen LogP) is 5.29. The van der Waals surface area contributed by atoms with Crippen molar-refractivity contribution in [2.24, 2.45) is 0 Å². The minimum Gasteiger partial charge on any atom is -0.478 e. The van der Waals surface area contributed by atoms with Gasteiger partial charge in [-0.25, -0.2) is 4.79 Å². The first-order valence-corrected chi connectivity index (χ1v) is 21.1. The fourth-order valence-corrected chi connectivity index (χ4v) is 17.1. The van der Waals surface area contributed by atoms with Crippen LogP contribution in [0.1, 0.15) is 19.3 Å². The number of hydrogen-bond donors (Lipinski definition) is 1. The van der Waals surface area contributed by atoms with E-state index < -0.39 is 39.7 Å². The van der Waals surface area contributed by atoms with Crippen LogP contribution in [0.15, 0.2) is 12.2 Å². The third kappa shape index (κ3) is 12.9. The van der Waals surface area contributed by atoms with Crippen molar-refractivity contribution in [3.63, 3.8) is 0 Å². The SMILES string of the molecule is C=C(CCCC[Si](O[Si](C)(C)C)(O[Si](C)(C)C)O[Si](C)(C)C)C(=O)O. The molecule has 0 unspecified atom stereocenters. The van der Waals surface area contributed by atoms with Crippen LogP contribution in [-0.4, -0.2) is 44.8 Å². The maximum atomic E-state index is 10.9. The second-order valence-corrected chi connectivity index (χ2v) is 26.4. The second-order valence-electron chi connectivity index (χ2n) is 9.44. The summed E-state index contributed by atoms with van der Waals surface area (Å²) >= 11 is 0. The van der Waals surface area contributed by atoms with Crippen LogP contribution in [0.3, 0.4) is 0 Å². The Bertz CT molecular complexity index is 420. The lowest BCUT2D eigenvalue weighted by molar-refractivity contribution is -0.132. The third-order valence-corrected chi connectivity index (χ3v) is 14.9. The average Bonchev–Trinajstić information content (AvgIpc) is 2.27. The smallest absolute Gasteiger partial charge is 0.469 e. The highest BCUT2D eigenvalue weighted by Gasteiger charge is 2.49. The summed E-state index contributed by atoms with van der Waals surface area (Å²) in [7, 11) is -8.34. The monoisotopic (exact) mass is 422 g/mol. The van der Waals surface area contributed by atoms with Gasteiger partial charge in [-0.2, -0.15) is 0 Å². The number of aliphatic carboxylic acids is 1. The van der Waals surface area contributed by atoms with Crippen LogP contribution < -0.4 is 0 Å². The van der Waals surface area contributed by atoms with Gasteiger partial charge in [0.15, 0.2) is 25.0 Å². The topological polar surface area (TPSA) is 65.0 Å². The maximum Gasteiger partial charge on any atom is 0.469 e. The summed E-state index contributed by atoms with van der Waals surface area (Å²) in [5, 5.41) is 8.95. The molecule has 0 rings (SSSR count). The van der Waals surface area contributed by atoms with Crippen molar-refractivity contribution in [2.75, 3.05) is 0 Å². The zero-order chi connectivity index (χ0) is 20.1. The molecule has 9 heteroatoms. The number of carboxylic acid groups (broad SMARTS) is 1. The van der Waals surface area contributed by atoms with Gasteiger partial charge in [-0.15, -0.1) is 0 Å². The van der Waals surface area contributed by atoms with Gasteiger partial charge < -0.3 is 17.5 Å². The highest BCUT2D eigenvalue weighted by molar-refractivity contribution is 6.90. The molecular formula is C16H38O5Si4. The molecule has 0 radical (unpaired) electrons. The fourth-order valence-electron chi connectivity index (χ4n) is 2.40. The van der Waals surface area contributed by atoms with E-state index in [1.165, 1.54) is 0 Å². The molecule has 0 saturated heterocycles. The Morgan fingerprint density at radius 2 is 1.16 bits per heavy atom. The van der Waals surface area contributed by atoms with Crippen molar-refractivity contribution >= 4 is 39.7 Å². The third-order valence-electron chi connectivity index (χ3n) is 2.90. The molecule has 1 N–H and O–H groups in total. The summed E-state index contributed by atoms with van der Waals surface area (Å²) in [6.07, 6.45) is 2.09. The highest BCUT2D eigenvalue weighted by atomic mass is 28.5. The predicted molar refractivity (Wildman–Crippen MR) is 114 cm³/mol. The van der Waals surface area contributed by atoms with E-state index in [0.717, 1.165) is 18.9 Å². The minimum absolute atomic E-state index is 0.260. The number of carbonyl (C=O) groups is 1. The summed E-state index contributed by atoms with van der Waals surface area (Å²) in [5.74, 6) is -0.918. The van der Waals surface area contributed by atoms with Crippen LogP contribution in [0, 0.1) is 0 Å². The van der Waals surface area contributed by atoms with Crippen molar-refractivity contribution < 1.29 is 22.2 Å². The van der Waals surface area contributed by atoms with E-state index in [2.05, 4.69) is 65.5 Å². The Morgan fingerprint density at radius 3 is 1.44 bits per heavy atom. The quantitative estimate of drug-likeness (QED) is 0.263. The van der Waals surface area contributed by atoms with Crippen LogP contribution in [0.4, 0.5) is 0 Å². The normalized spacial score (nSPS) is 13.8. The van der Waals surface area contributed by atoms with E-state index in [4.69, 9.17) is 17.5 Å². The standard InChI is InChI=1S/C16H38O5Si4/c1-15(16(17)18)13-11-12-14-25(19-22(2,3)4,20-23(5,6)7)21-24(8,9)10/h1,11-14H2,2-10H3,(H,17,18). The van der Waals surface area contributed by atoms with E-state index in [-0.39, 0.29) is 5.57 Å². The van der Waals surface area contributed by atoms with Gasteiger partial charge in [-0.1, -0.05) is 6.58 Å². The Labute approximate surface area is 158 Å². The van der Waals surface area contributed by atoms with Gasteiger partial charge in [-0.05, 0) is 78.2 Å². The second kappa shape index (κ2) is 9.24. The highest BCUT2D eigenvalue weighted by Crippen LogP contribution is 2.30. The molecule has 0 saturated carbocycles. The Hall–Kier alpha value is -0.0425. The molecule has 0 aliphatic heterocycles. The molecule has 0 aromatic carbocycles. The van der Waals surface area contributed by atoms with Gasteiger partial charge in [0, 0.05) is 11.6 Å². The van der Waals surface area contributed by atoms with Gasteiger partial charge in [0.05, 0.1) is 0 Å². The first kappa shape index (κ1) is 25.0. The van der Waals surface area contributed by atoms with Crippen molar-refractivity contribution in [1.82, 2.24) is 0 Å². The Balaban J connectivity index is 5.30. The first-order valence-electron chi connectivity index (χ1n) is 8.96. The average molecular weight is 423 g/mol. The molecule has 25 heavy (non-hydrogen) atoms. The van der Waals surface area contributed by atoms with Gasteiger partial charge in [0.1, 0.15) is 0 Å². The summed E-state index contributed by atoms with van der Waals surface area (Å²) in [6.45, 7) is 23.1. The molecule has 0 bridgehead atoms. The number of hydrogen-bond acceptors (Lipinski definition) is 4. The summed E-state index contributed by atoms with van der Waals surface area (Å²) in [5.41, 5.74) is 0.260. The first-order chi connectivity index (χ1) is 10.9. The number of carboxylic acids is 1. The van der Waals surface area contributed by atoms with Crippen molar-refractivity contribution in [1.29, 1.82) is 0 Å². The maximum absolute atomic E-state index is 10.9. The molecule has 0 aromatic heterocycles. The molecule has 0 aromatic rings. The largest absolute Gasteiger partial charge is 0.478 e. The van der Waals surface area contributed by atoms with E-state index >= 15 is 0 Å². The number of unbranched alkanes of at least 4 members (excludes halogenated alkanes) is 1. The van der Waals surface area contributed by atoms with Gasteiger partial charge in [0.25, 0.3) is 0 Å². The lowest BCUT2D eigenvalue weighted by Crippen LogP contribution is -2.60. The molecule has 0 aliphatic carbocycles. The fraction of sp³-hybridized carbons (Fsp3) is 0.812. The lowest BCUT2D eigenvalue weighted by Gasteiger charge is -2.43. The summed E-state index contributed by atoms with van der Waals surface area (Å²) < 4.78 is 19.8. The molecule has 0 heterocycles. The van der Waals surface area contributed by atoms with Crippen molar-refractivity contribution in [2.45, 2.75) is 84.2 Å². The molecule has 0 aliphatic rings. The summed E-state index contributed by atoms with van der Waals surface area (Å²) in [4.78, 5) is 10.9. The van der Waals surface area contributed by atoms with Crippen molar-refractivity contribution in [3.05, 3.63) is 12.2 Å². The molecule has 5 nitrogen and oxygen atoms in total. The van der Waals surface area contributed by atoms with Crippen LogP contribution in [-0.2, 0) is 17.1 Å². The van der Waals surface area contributed by atoms with Crippen LogP contribution in [0.2, 0.25) is 65.0 Å². The van der Waals surface area contributed by atoms with Crippen molar-refractivity contribution in [3.8, 4) is 0 Å². The molecule has 0 fully saturated rings. The van der Waals surface area contributed by atoms with E-state index in [1.54, 1.807) is 0 Å². The van der Waals surface area contributed by atoms with Crippen LogP contribution in [0.5, 0.6) is 0 Å². The van der Waals surface area contributed by atoms with E-state index in [1.807, 2.05) is 0 Å². The van der Waals surface area contributed by atoms with Crippen LogP contribution in [0.25, 0.3) is 0 Å². The Morgan fingerprint density at radius 1 is 0.800 bits per heavy atom. The van der Waals surface area contributed by atoms with Crippen LogP contribution >= 0.6 is 0 Å². The molecule has 0 spiro atoms. The van der Waals surface area contributed by atoms with Gasteiger partial charge in [0.2, 0.25) is 0 Å². The van der Waals surface area contributed by atoms with E-state index in [9.17, 15) is 4.79 Å². The van der Waals surface area contributed by atoms with E-state index in [0.29, 0.717) is 6.42 Å². The molecule has 0 atom stereocenters. The van der Waals surface area contributed by atoms with Gasteiger partial charge in [-0.3, -0.25) is 0 Å². The zero-order valence-corrected chi connectivity index (χ0v) is 21.6. The molecule has 148 valence electrons. The van der Waals surface area contributed by atoms with Gasteiger partial charge >= 0.3 is 14.8 Å². The lowest BCUT2D eigenvalue weighted by atomic mass is 10.1. The molecular weight excluding hydrogens is 385 g/mol. The zero-order valence-electron chi connectivity index (χ0n) is 17.6.